The van der Waals surface area contributed by atoms with Crippen LogP contribution >= 0.6 is 0 Å². The molecule has 9 nitrogen and oxygen atoms in total. The van der Waals surface area contributed by atoms with Crippen LogP contribution in [-0.2, 0) is 21.3 Å². The van der Waals surface area contributed by atoms with E-state index in [1.54, 1.807) is 4.68 Å². The number of benzene rings is 2. The lowest BCUT2D eigenvalue weighted by atomic mass is 10.1. The molecule has 0 unspecified atom stereocenters. The number of carbonyl (C=O) groups is 1. The quantitative estimate of drug-likeness (QED) is 0.491. The molecule has 0 aliphatic carbocycles. The molecule has 2 N–H and O–H groups in total. The average Bonchev–Trinajstić information content (AvgIpc) is 3.18. The molecule has 0 aliphatic heterocycles. The minimum Gasteiger partial charge on any atom is -0.495 e. The van der Waals surface area contributed by atoms with Crippen LogP contribution in [-0.4, -0.2) is 38.3 Å². The minimum atomic E-state index is -3.90. The van der Waals surface area contributed by atoms with Crippen LogP contribution in [0.25, 0.3) is 5.69 Å². The first-order chi connectivity index (χ1) is 14.9. The van der Waals surface area contributed by atoms with Gasteiger partial charge in [-0.25, -0.2) is 13.1 Å². The van der Waals surface area contributed by atoms with Crippen LogP contribution < -0.4 is 14.9 Å². The largest absolute Gasteiger partial charge is 0.495 e. The second kappa shape index (κ2) is 9.73. The summed E-state index contributed by atoms with van der Waals surface area (Å²) in [5.41, 5.74) is 2.22. The number of aromatic nitrogens is 2. The summed E-state index contributed by atoms with van der Waals surface area (Å²) in [7, 11) is -1.27. The number of rotatable bonds is 9. The number of hydrogen-bond acceptors (Lipinski definition) is 6. The van der Waals surface area contributed by atoms with E-state index in [0.717, 1.165) is 17.8 Å². The van der Waals surface area contributed by atoms with Gasteiger partial charge in [-0.15, -0.1) is 0 Å². The van der Waals surface area contributed by atoms with Crippen molar-refractivity contribution >= 4 is 21.6 Å². The van der Waals surface area contributed by atoms with Crippen molar-refractivity contribution in [3.05, 3.63) is 66.0 Å². The Morgan fingerprint density at radius 3 is 2.52 bits per heavy atom. The first-order valence-electron chi connectivity index (χ1n) is 9.57. The fourth-order valence-corrected chi connectivity index (χ4v) is 3.97. The smallest absolute Gasteiger partial charge is 0.262 e. The maximum atomic E-state index is 13.1. The molecular formula is C21H24N4O5S. The molecule has 164 valence electrons. The summed E-state index contributed by atoms with van der Waals surface area (Å²) in [6.07, 6.45) is 2.96. The Labute approximate surface area is 181 Å². The molecule has 0 aliphatic rings. The average molecular weight is 445 g/mol. The fraction of sp³-hybridized carbons (Fsp3) is 0.238. The molecule has 0 saturated carbocycles. The number of anilines is 1. The third-order valence-electron chi connectivity index (χ3n) is 4.52. The number of amides is 1. The summed E-state index contributed by atoms with van der Waals surface area (Å²) in [6.45, 7) is 2.02. The van der Waals surface area contributed by atoms with Crippen LogP contribution in [0.4, 0.5) is 5.69 Å². The molecule has 1 aromatic heterocycles. The molecule has 1 amide bonds. The number of nitrogens with one attached hydrogen (secondary N) is 2. The third kappa shape index (κ3) is 4.93. The second-order valence-electron chi connectivity index (χ2n) is 6.61. The van der Waals surface area contributed by atoms with Crippen molar-refractivity contribution < 1.29 is 22.8 Å². The highest BCUT2D eigenvalue weighted by atomic mass is 32.2. The van der Waals surface area contributed by atoms with Gasteiger partial charge in [-0.05, 0) is 36.8 Å². The van der Waals surface area contributed by atoms with Gasteiger partial charge < -0.3 is 10.1 Å². The molecule has 0 saturated heterocycles. The Balaban J connectivity index is 1.97. The van der Waals surface area contributed by atoms with Crippen LogP contribution in [0.3, 0.4) is 0 Å². The van der Waals surface area contributed by atoms with Gasteiger partial charge in [0.05, 0.1) is 47.9 Å². The molecule has 0 atom stereocenters. The first kappa shape index (κ1) is 22.5. The van der Waals surface area contributed by atoms with Crippen LogP contribution in [0.5, 0.6) is 5.75 Å². The molecule has 0 spiro atoms. The zero-order valence-corrected chi connectivity index (χ0v) is 18.3. The number of methoxy groups -OCH3 is 1. The molecule has 0 bridgehead atoms. The SMILES string of the molecule is CCCc1c(C(=O)Nc2cc(S(=O)(=O)NOC)ccc2OC)cnn1-c1ccccc1. The summed E-state index contributed by atoms with van der Waals surface area (Å²) in [5, 5.41) is 7.14. The zero-order chi connectivity index (χ0) is 22.4. The van der Waals surface area contributed by atoms with E-state index < -0.39 is 15.9 Å². The number of carbonyl (C=O) groups excluding carboxylic acids is 1. The molecule has 0 radical (unpaired) electrons. The van der Waals surface area contributed by atoms with E-state index in [2.05, 4.69) is 15.3 Å². The summed E-state index contributed by atoms with van der Waals surface area (Å²) in [5.74, 6) is -0.101. The number of hydrogen-bond donors (Lipinski definition) is 2. The minimum absolute atomic E-state index is 0.0841. The van der Waals surface area contributed by atoms with E-state index in [-0.39, 0.29) is 10.6 Å². The molecule has 10 heteroatoms. The Kier molecular flexibility index (Phi) is 7.06. The topological polar surface area (TPSA) is 112 Å². The van der Waals surface area contributed by atoms with Crippen LogP contribution in [0, 0.1) is 0 Å². The van der Waals surface area contributed by atoms with Gasteiger partial charge in [-0.3, -0.25) is 9.63 Å². The van der Waals surface area contributed by atoms with Gasteiger partial charge >= 0.3 is 0 Å². The van der Waals surface area contributed by atoms with Crippen LogP contribution in [0.1, 0.15) is 29.4 Å². The molecule has 3 aromatic rings. The summed E-state index contributed by atoms with van der Waals surface area (Å²) in [6, 6.07) is 13.6. The van der Waals surface area contributed by atoms with Gasteiger partial charge in [-0.1, -0.05) is 36.4 Å². The monoisotopic (exact) mass is 444 g/mol. The molecule has 1 heterocycles. The van der Waals surface area contributed by atoms with Crippen LogP contribution in [0.2, 0.25) is 0 Å². The van der Waals surface area contributed by atoms with E-state index in [9.17, 15) is 13.2 Å². The maximum absolute atomic E-state index is 13.1. The van der Waals surface area contributed by atoms with Gasteiger partial charge in [-0.2, -0.15) is 5.10 Å². The van der Waals surface area contributed by atoms with Crippen molar-refractivity contribution in [3.63, 3.8) is 0 Å². The van der Waals surface area contributed by atoms with Crippen molar-refractivity contribution in [3.8, 4) is 11.4 Å². The standard InChI is InChI=1S/C21H24N4O5S/c1-4-8-19-17(14-22-25(19)15-9-6-5-7-10-15)21(26)23-18-13-16(11-12-20(18)29-2)31(27,28)24-30-3/h5-7,9-14,24H,4,8H2,1-3H3,(H,23,26). The Bertz CT molecular complexity index is 1160. The van der Waals surface area contributed by atoms with E-state index in [1.807, 2.05) is 42.1 Å². The maximum Gasteiger partial charge on any atom is 0.262 e. The molecular weight excluding hydrogens is 420 g/mol. The molecule has 31 heavy (non-hydrogen) atoms. The normalized spacial score (nSPS) is 11.3. The molecule has 0 fully saturated rings. The van der Waals surface area contributed by atoms with Crippen molar-refractivity contribution in [2.75, 3.05) is 19.5 Å². The highest BCUT2D eigenvalue weighted by molar-refractivity contribution is 7.89. The second-order valence-corrected chi connectivity index (χ2v) is 8.25. The number of ether oxygens (including phenoxy) is 1. The summed E-state index contributed by atoms with van der Waals surface area (Å²) in [4.78, 5) is 19.5. The van der Waals surface area contributed by atoms with E-state index in [0.29, 0.717) is 17.7 Å². The fourth-order valence-electron chi connectivity index (χ4n) is 3.13. The van der Waals surface area contributed by atoms with Gasteiger partial charge in [0, 0.05) is 0 Å². The van der Waals surface area contributed by atoms with Crippen LogP contribution in [0.15, 0.2) is 59.6 Å². The van der Waals surface area contributed by atoms with Crippen molar-refractivity contribution in [1.82, 2.24) is 14.7 Å². The van der Waals surface area contributed by atoms with Gasteiger partial charge in [0.25, 0.3) is 15.9 Å². The number of para-hydroxylation sites is 1. The van der Waals surface area contributed by atoms with E-state index in [4.69, 9.17) is 4.74 Å². The zero-order valence-electron chi connectivity index (χ0n) is 17.5. The number of nitrogens with zero attached hydrogens (tertiary/aromatic N) is 2. The van der Waals surface area contributed by atoms with Crippen molar-refractivity contribution in [2.45, 2.75) is 24.7 Å². The third-order valence-corrected chi connectivity index (χ3v) is 5.78. The Morgan fingerprint density at radius 1 is 1.13 bits per heavy atom. The predicted molar refractivity (Wildman–Crippen MR) is 116 cm³/mol. The Hall–Kier alpha value is -3.21. The number of sulfonamides is 1. The predicted octanol–water partition coefficient (Wildman–Crippen LogP) is 2.93. The van der Waals surface area contributed by atoms with Crippen molar-refractivity contribution in [1.29, 1.82) is 0 Å². The van der Waals surface area contributed by atoms with E-state index in [1.165, 1.54) is 38.6 Å². The summed E-state index contributed by atoms with van der Waals surface area (Å²) < 4.78 is 31.5. The Morgan fingerprint density at radius 2 is 1.87 bits per heavy atom. The lowest BCUT2D eigenvalue weighted by Crippen LogP contribution is -2.22. The van der Waals surface area contributed by atoms with Crippen molar-refractivity contribution in [2.24, 2.45) is 0 Å². The van der Waals surface area contributed by atoms with Gasteiger partial charge in [0.15, 0.2) is 0 Å². The first-order valence-corrected chi connectivity index (χ1v) is 11.1. The van der Waals surface area contributed by atoms with Gasteiger partial charge in [0.2, 0.25) is 0 Å². The van der Waals surface area contributed by atoms with E-state index >= 15 is 0 Å². The highest BCUT2D eigenvalue weighted by Gasteiger charge is 2.21. The lowest BCUT2D eigenvalue weighted by molar-refractivity contribution is 0.102. The molecule has 2 aromatic carbocycles. The van der Waals surface area contributed by atoms with Gasteiger partial charge in [0.1, 0.15) is 5.75 Å². The summed E-state index contributed by atoms with van der Waals surface area (Å²) >= 11 is 0. The lowest BCUT2D eigenvalue weighted by Gasteiger charge is -2.13. The molecule has 3 rings (SSSR count). The highest BCUT2D eigenvalue weighted by Crippen LogP contribution is 2.28.